The van der Waals surface area contributed by atoms with Gasteiger partial charge in [-0.15, -0.1) is 0 Å². The molecule has 0 aromatic rings. The summed E-state index contributed by atoms with van der Waals surface area (Å²) in [5.41, 5.74) is 6.89. The van der Waals surface area contributed by atoms with Crippen LogP contribution in [0.15, 0.2) is 0 Å². The molecule has 1 aliphatic heterocycles. The Morgan fingerprint density at radius 3 is 2.63 bits per heavy atom. The summed E-state index contributed by atoms with van der Waals surface area (Å²) in [7, 11) is 0. The van der Waals surface area contributed by atoms with Crippen LogP contribution in [0.2, 0.25) is 0 Å². The summed E-state index contributed by atoms with van der Waals surface area (Å²) in [6.07, 6.45) is 2.79. The van der Waals surface area contributed by atoms with Gasteiger partial charge in [0.1, 0.15) is 0 Å². The summed E-state index contributed by atoms with van der Waals surface area (Å²) >= 11 is 0. The molecule has 0 aromatic heterocycles. The summed E-state index contributed by atoms with van der Waals surface area (Å²) < 4.78 is 5.99. The zero-order chi connectivity index (χ0) is 14.3. The number of ether oxygens (including phenoxy) is 1. The molecule has 0 amide bonds. The average molecular weight is 268 g/mol. The van der Waals surface area contributed by atoms with Crippen molar-refractivity contribution in [1.82, 2.24) is 4.90 Å². The smallest absolute Gasteiger partial charge is 0.0690 e. The number of likely N-dealkylation sites (N-methyl/N-ethyl adjacent to an activating group) is 1. The van der Waals surface area contributed by atoms with E-state index in [1.807, 2.05) is 0 Å². The highest BCUT2D eigenvalue weighted by Crippen LogP contribution is 2.57. The Morgan fingerprint density at radius 2 is 2.05 bits per heavy atom. The van der Waals surface area contributed by atoms with Crippen LogP contribution >= 0.6 is 0 Å². The molecule has 1 heterocycles. The minimum Gasteiger partial charge on any atom is -0.377 e. The van der Waals surface area contributed by atoms with Crippen molar-refractivity contribution < 1.29 is 4.74 Å². The molecule has 2 aliphatic rings. The van der Waals surface area contributed by atoms with Crippen LogP contribution in [-0.2, 0) is 4.74 Å². The lowest BCUT2D eigenvalue weighted by molar-refractivity contribution is -0.232. The molecular weight excluding hydrogens is 236 g/mol. The Morgan fingerprint density at radius 1 is 1.37 bits per heavy atom. The van der Waals surface area contributed by atoms with Crippen LogP contribution in [0.5, 0.6) is 0 Å². The molecule has 1 saturated heterocycles. The van der Waals surface area contributed by atoms with Gasteiger partial charge < -0.3 is 15.4 Å². The number of nitrogens with two attached hydrogens (primary N) is 1. The van der Waals surface area contributed by atoms with Gasteiger partial charge in [-0.3, -0.25) is 0 Å². The molecule has 0 bridgehead atoms. The zero-order valence-electron chi connectivity index (χ0n) is 13.4. The highest BCUT2D eigenvalue weighted by molar-refractivity contribution is 5.20. The fourth-order valence-corrected chi connectivity index (χ4v) is 4.18. The van der Waals surface area contributed by atoms with Crippen LogP contribution in [0.1, 0.15) is 47.5 Å². The maximum Gasteiger partial charge on any atom is 0.0690 e. The summed E-state index contributed by atoms with van der Waals surface area (Å²) in [4.78, 5) is 2.53. The van der Waals surface area contributed by atoms with Gasteiger partial charge in [0.05, 0.1) is 6.10 Å². The first-order chi connectivity index (χ1) is 8.83. The lowest BCUT2D eigenvalue weighted by Gasteiger charge is -2.67. The van der Waals surface area contributed by atoms with E-state index in [0.717, 1.165) is 26.2 Å². The number of hydrogen-bond acceptors (Lipinski definition) is 3. The van der Waals surface area contributed by atoms with Crippen LogP contribution in [0.25, 0.3) is 0 Å². The fourth-order valence-electron chi connectivity index (χ4n) is 4.18. The van der Waals surface area contributed by atoms with Crippen molar-refractivity contribution in [3.63, 3.8) is 0 Å². The Balaban J connectivity index is 2.08. The van der Waals surface area contributed by atoms with Crippen molar-refractivity contribution in [3.05, 3.63) is 0 Å². The zero-order valence-corrected chi connectivity index (χ0v) is 13.4. The second-order valence-electron chi connectivity index (χ2n) is 7.52. The quantitative estimate of drug-likeness (QED) is 0.832. The van der Waals surface area contributed by atoms with Crippen molar-refractivity contribution in [2.45, 2.75) is 59.1 Å². The number of hydrogen-bond donors (Lipinski definition) is 1. The van der Waals surface area contributed by atoms with Crippen molar-refractivity contribution in [1.29, 1.82) is 0 Å². The first-order valence-electron chi connectivity index (χ1n) is 7.95. The normalized spacial score (nSPS) is 37.3. The molecule has 3 unspecified atom stereocenters. The average Bonchev–Trinajstić information content (AvgIpc) is 2.37. The van der Waals surface area contributed by atoms with Gasteiger partial charge in [0.15, 0.2) is 0 Å². The van der Waals surface area contributed by atoms with Gasteiger partial charge >= 0.3 is 0 Å². The van der Waals surface area contributed by atoms with Gasteiger partial charge in [0.2, 0.25) is 0 Å². The summed E-state index contributed by atoms with van der Waals surface area (Å²) in [6, 6.07) is 0. The van der Waals surface area contributed by atoms with E-state index in [4.69, 9.17) is 10.5 Å². The Labute approximate surface area is 118 Å². The molecule has 0 spiro atoms. The van der Waals surface area contributed by atoms with Crippen molar-refractivity contribution in [2.75, 3.05) is 26.2 Å². The number of nitrogens with zero attached hydrogens (tertiary/aromatic N) is 1. The second-order valence-corrected chi connectivity index (χ2v) is 7.52. The highest BCUT2D eigenvalue weighted by atomic mass is 16.5. The fraction of sp³-hybridized carbons (Fsp3) is 1.00. The highest BCUT2D eigenvalue weighted by Gasteiger charge is 2.66. The maximum atomic E-state index is 6.87. The topological polar surface area (TPSA) is 38.5 Å². The van der Waals surface area contributed by atoms with Crippen LogP contribution in [0, 0.1) is 17.3 Å². The first-order valence-corrected chi connectivity index (χ1v) is 7.95. The molecule has 1 aliphatic carbocycles. The van der Waals surface area contributed by atoms with Gasteiger partial charge in [-0.1, -0.05) is 34.6 Å². The monoisotopic (exact) mass is 268 g/mol. The van der Waals surface area contributed by atoms with E-state index in [-0.39, 0.29) is 11.0 Å². The van der Waals surface area contributed by atoms with E-state index < -0.39 is 0 Å². The van der Waals surface area contributed by atoms with Gasteiger partial charge in [-0.25, -0.2) is 0 Å². The van der Waals surface area contributed by atoms with Gasteiger partial charge in [-0.05, 0) is 25.3 Å². The van der Waals surface area contributed by atoms with Crippen LogP contribution in [-0.4, -0.2) is 42.8 Å². The number of fused-ring (bicyclic) bond motifs is 1. The maximum absolute atomic E-state index is 6.87. The molecule has 3 heteroatoms. The molecule has 2 N–H and O–H groups in total. The predicted octanol–water partition coefficient (Wildman–Crippen LogP) is 2.50. The molecule has 2 rings (SSSR count). The Kier molecular flexibility index (Phi) is 4.29. The van der Waals surface area contributed by atoms with Gasteiger partial charge in [0, 0.05) is 36.6 Å². The van der Waals surface area contributed by atoms with Gasteiger partial charge in [0.25, 0.3) is 0 Å². The molecule has 3 nitrogen and oxygen atoms in total. The first kappa shape index (κ1) is 15.3. The minimum atomic E-state index is -0.0804. The van der Waals surface area contributed by atoms with E-state index in [1.165, 1.54) is 12.8 Å². The molecule has 112 valence electrons. The third kappa shape index (κ3) is 2.45. The Hall–Kier alpha value is -0.120. The number of rotatable bonds is 5. The standard InChI is InChI=1S/C16H32N2O/c1-6-18(10-12(2)3)11-16(17)13-8-7-9-19-14(13)15(16,4)5/h12-14H,6-11,17H2,1-5H3. The summed E-state index contributed by atoms with van der Waals surface area (Å²) in [5.74, 6) is 1.25. The molecule has 1 saturated carbocycles. The second kappa shape index (κ2) is 5.34. The third-order valence-electron chi connectivity index (χ3n) is 5.45. The summed E-state index contributed by atoms with van der Waals surface area (Å²) in [5, 5.41) is 0. The molecule has 3 atom stereocenters. The summed E-state index contributed by atoms with van der Waals surface area (Å²) in [6.45, 7) is 15.6. The van der Waals surface area contributed by atoms with E-state index in [1.54, 1.807) is 0 Å². The Bertz CT molecular complexity index is 316. The molecule has 0 radical (unpaired) electrons. The molecule has 0 aromatic carbocycles. The van der Waals surface area contributed by atoms with Crippen molar-refractivity contribution in [2.24, 2.45) is 23.0 Å². The molecule has 19 heavy (non-hydrogen) atoms. The third-order valence-corrected chi connectivity index (χ3v) is 5.45. The molecular formula is C16H32N2O. The largest absolute Gasteiger partial charge is 0.377 e. The lowest BCUT2D eigenvalue weighted by Crippen LogP contribution is -2.80. The SMILES string of the molecule is CCN(CC(C)C)CC1(N)C2CCCOC2C1(C)C. The van der Waals surface area contributed by atoms with Gasteiger partial charge in [-0.2, -0.15) is 0 Å². The van der Waals surface area contributed by atoms with Crippen LogP contribution in [0.3, 0.4) is 0 Å². The van der Waals surface area contributed by atoms with E-state index in [0.29, 0.717) is 17.9 Å². The molecule has 2 fully saturated rings. The lowest BCUT2D eigenvalue weighted by atomic mass is 9.46. The van der Waals surface area contributed by atoms with Crippen molar-refractivity contribution >= 4 is 0 Å². The minimum absolute atomic E-state index is 0.0804. The van der Waals surface area contributed by atoms with E-state index in [2.05, 4.69) is 39.5 Å². The van der Waals surface area contributed by atoms with Crippen LogP contribution < -0.4 is 5.73 Å². The van der Waals surface area contributed by atoms with E-state index in [9.17, 15) is 0 Å². The van der Waals surface area contributed by atoms with Crippen LogP contribution in [0.4, 0.5) is 0 Å². The van der Waals surface area contributed by atoms with E-state index >= 15 is 0 Å². The van der Waals surface area contributed by atoms with Crippen molar-refractivity contribution in [3.8, 4) is 0 Å². The predicted molar refractivity (Wildman–Crippen MR) is 80.1 cm³/mol.